The summed E-state index contributed by atoms with van der Waals surface area (Å²) in [5.41, 5.74) is 0. The molecule has 73 heavy (non-hydrogen) atoms. The lowest BCUT2D eigenvalue weighted by molar-refractivity contribution is -0.143. The molecule has 6 heteroatoms. The van der Waals surface area contributed by atoms with Gasteiger partial charge in [-0.25, -0.2) is 0 Å². The summed E-state index contributed by atoms with van der Waals surface area (Å²) < 4.78 is 5.49. The van der Waals surface area contributed by atoms with Crippen molar-refractivity contribution in [3.8, 4) is 0 Å². The van der Waals surface area contributed by atoms with Crippen LogP contribution in [0.3, 0.4) is 0 Å². The molecular formula is C67H129NO5. The second-order valence-electron chi connectivity index (χ2n) is 22.8. The van der Waals surface area contributed by atoms with E-state index < -0.39 is 12.1 Å². The first-order valence-electron chi connectivity index (χ1n) is 33.1. The Morgan fingerprint density at radius 3 is 0.973 bits per heavy atom. The summed E-state index contributed by atoms with van der Waals surface area (Å²) >= 11 is 0. The number of rotatable bonds is 62. The monoisotopic (exact) mass is 1030 g/mol. The van der Waals surface area contributed by atoms with Crippen molar-refractivity contribution in [3.05, 3.63) is 24.3 Å². The molecular weight excluding hydrogens is 899 g/mol. The van der Waals surface area contributed by atoms with Crippen LogP contribution in [0, 0.1) is 0 Å². The minimum absolute atomic E-state index is 0.00634. The number of nitrogens with one attached hydrogen (secondary N) is 1. The molecule has 2 unspecified atom stereocenters. The fraction of sp³-hybridized carbons (Fsp3) is 0.910. The van der Waals surface area contributed by atoms with E-state index in [1.165, 1.54) is 283 Å². The smallest absolute Gasteiger partial charge is 0.305 e. The first-order valence-corrected chi connectivity index (χ1v) is 33.1. The molecule has 0 aliphatic rings. The number of aliphatic hydroxyl groups is 2. The van der Waals surface area contributed by atoms with Crippen LogP contribution < -0.4 is 5.32 Å². The van der Waals surface area contributed by atoms with Crippen molar-refractivity contribution in [3.63, 3.8) is 0 Å². The summed E-state index contributed by atoms with van der Waals surface area (Å²) in [6, 6.07) is -0.639. The number of unbranched alkanes of at least 4 members (excludes halogenated alkanes) is 49. The van der Waals surface area contributed by atoms with Crippen molar-refractivity contribution in [2.75, 3.05) is 13.2 Å². The zero-order valence-electron chi connectivity index (χ0n) is 49.4. The van der Waals surface area contributed by atoms with Crippen LogP contribution in [-0.2, 0) is 14.3 Å². The van der Waals surface area contributed by atoms with Gasteiger partial charge in [-0.15, -0.1) is 0 Å². The van der Waals surface area contributed by atoms with Crippen LogP contribution in [0.25, 0.3) is 0 Å². The normalized spacial score (nSPS) is 12.7. The Morgan fingerprint density at radius 1 is 0.370 bits per heavy atom. The lowest BCUT2D eigenvalue weighted by Gasteiger charge is -2.20. The number of amides is 1. The van der Waals surface area contributed by atoms with Crippen molar-refractivity contribution >= 4 is 11.9 Å². The van der Waals surface area contributed by atoms with E-state index in [0.29, 0.717) is 19.4 Å². The van der Waals surface area contributed by atoms with Gasteiger partial charge in [0.2, 0.25) is 5.91 Å². The molecule has 0 saturated heterocycles. The molecule has 0 bridgehead atoms. The molecule has 0 aromatic rings. The molecule has 432 valence electrons. The number of ether oxygens (including phenoxy) is 1. The van der Waals surface area contributed by atoms with Crippen LogP contribution in [-0.4, -0.2) is 47.4 Å². The maximum Gasteiger partial charge on any atom is 0.305 e. The van der Waals surface area contributed by atoms with Gasteiger partial charge < -0.3 is 20.3 Å². The maximum absolute atomic E-state index is 12.5. The molecule has 1 amide bonds. The molecule has 0 aliphatic heterocycles. The molecule has 0 rings (SSSR count). The van der Waals surface area contributed by atoms with Crippen LogP contribution in [0.1, 0.15) is 367 Å². The van der Waals surface area contributed by atoms with Gasteiger partial charge in [0.05, 0.1) is 25.4 Å². The Bertz CT molecular complexity index is 1140. The standard InChI is InChI=1S/C67H129NO5/c1-3-5-7-9-11-13-15-17-19-21-22-23-24-25-28-31-35-39-43-47-51-55-59-65(70)64(63-69)68-66(71)60-56-52-48-44-40-36-32-29-26-27-30-34-38-42-46-50-54-58-62-73-67(72)61-57-53-49-45-41-37-33-20-18-16-14-12-10-8-6-4-2/h29,32,55,59,64-65,69-70H,3-28,30-31,33-54,56-58,60-63H2,1-2H3,(H,68,71)/b32-29-,59-55+. The van der Waals surface area contributed by atoms with E-state index in [4.69, 9.17) is 4.74 Å². The van der Waals surface area contributed by atoms with Gasteiger partial charge in [0, 0.05) is 12.8 Å². The highest BCUT2D eigenvalue weighted by atomic mass is 16.5. The maximum atomic E-state index is 12.5. The van der Waals surface area contributed by atoms with Crippen molar-refractivity contribution in [1.82, 2.24) is 5.32 Å². The summed E-state index contributed by atoms with van der Waals surface area (Å²) in [6.07, 6.45) is 78.0. The number of hydrogen-bond acceptors (Lipinski definition) is 5. The van der Waals surface area contributed by atoms with E-state index in [9.17, 15) is 19.8 Å². The second-order valence-corrected chi connectivity index (χ2v) is 22.8. The van der Waals surface area contributed by atoms with Gasteiger partial charge in [0.25, 0.3) is 0 Å². The zero-order valence-corrected chi connectivity index (χ0v) is 49.4. The Labute approximate surface area is 456 Å². The Hall–Kier alpha value is -1.66. The second kappa shape index (κ2) is 62.9. The Kier molecular flexibility index (Phi) is 61.4. The van der Waals surface area contributed by atoms with Crippen molar-refractivity contribution in [2.45, 2.75) is 379 Å². The minimum Gasteiger partial charge on any atom is -0.466 e. The number of hydrogen-bond donors (Lipinski definition) is 3. The van der Waals surface area contributed by atoms with E-state index in [0.717, 1.165) is 57.8 Å². The van der Waals surface area contributed by atoms with Gasteiger partial charge in [-0.1, -0.05) is 321 Å². The molecule has 0 saturated carbocycles. The highest BCUT2D eigenvalue weighted by Crippen LogP contribution is 2.18. The SMILES string of the molecule is CCCCCCCCCCCCCCCCCCCCCC/C=C/C(O)C(CO)NC(=O)CCCCCCC/C=C\CCCCCCCCCCCOC(=O)CCCCCCCCCCCCCCCCCC. The van der Waals surface area contributed by atoms with E-state index in [2.05, 4.69) is 31.3 Å². The molecule has 2 atom stereocenters. The first-order chi connectivity index (χ1) is 36.0. The van der Waals surface area contributed by atoms with Crippen LogP contribution in [0.4, 0.5) is 0 Å². The molecule has 6 nitrogen and oxygen atoms in total. The third kappa shape index (κ3) is 59.4. The predicted molar refractivity (Wildman–Crippen MR) is 320 cm³/mol. The lowest BCUT2D eigenvalue weighted by Crippen LogP contribution is -2.45. The van der Waals surface area contributed by atoms with E-state index >= 15 is 0 Å². The zero-order chi connectivity index (χ0) is 52.9. The average Bonchev–Trinajstić information content (AvgIpc) is 3.39. The van der Waals surface area contributed by atoms with Crippen molar-refractivity contribution in [2.24, 2.45) is 0 Å². The molecule has 0 aliphatic carbocycles. The summed E-state index contributed by atoms with van der Waals surface area (Å²) in [6.45, 7) is 4.92. The number of carbonyl (C=O) groups is 2. The van der Waals surface area contributed by atoms with Gasteiger partial charge in [-0.3, -0.25) is 9.59 Å². The summed E-state index contributed by atoms with van der Waals surface area (Å²) in [5, 5.41) is 23.2. The molecule has 3 N–H and O–H groups in total. The van der Waals surface area contributed by atoms with Gasteiger partial charge in [0.1, 0.15) is 0 Å². The highest BCUT2D eigenvalue weighted by molar-refractivity contribution is 5.76. The summed E-state index contributed by atoms with van der Waals surface area (Å²) in [4.78, 5) is 24.6. The van der Waals surface area contributed by atoms with Gasteiger partial charge in [-0.05, 0) is 57.8 Å². The number of aliphatic hydroxyl groups excluding tert-OH is 2. The fourth-order valence-corrected chi connectivity index (χ4v) is 10.4. The summed E-state index contributed by atoms with van der Waals surface area (Å²) in [7, 11) is 0. The lowest BCUT2D eigenvalue weighted by atomic mass is 10.0. The highest BCUT2D eigenvalue weighted by Gasteiger charge is 2.18. The van der Waals surface area contributed by atoms with Crippen molar-refractivity contribution < 1.29 is 24.5 Å². The average molecular weight is 1030 g/mol. The molecule has 0 aromatic heterocycles. The first kappa shape index (κ1) is 71.3. The van der Waals surface area contributed by atoms with Gasteiger partial charge >= 0.3 is 5.97 Å². The third-order valence-corrected chi connectivity index (χ3v) is 15.5. The largest absolute Gasteiger partial charge is 0.466 e. The molecule has 0 radical (unpaired) electrons. The molecule has 0 heterocycles. The molecule has 0 spiro atoms. The third-order valence-electron chi connectivity index (χ3n) is 15.5. The number of carbonyl (C=O) groups excluding carboxylic acids is 2. The molecule has 0 aromatic carbocycles. The predicted octanol–water partition coefficient (Wildman–Crippen LogP) is 21.0. The number of allylic oxidation sites excluding steroid dienone is 3. The minimum atomic E-state index is -0.854. The van der Waals surface area contributed by atoms with E-state index in [-0.39, 0.29) is 18.5 Å². The Morgan fingerprint density at radius 2 is 0.644 bits per heavy atom. The van der Waals surface area contributed by atoms with Crippen molar-refractivity contribution in [1.29, 1.82) is 0 Å². The van der Waals surface area contributed by atoms with Gasteiger partial charge in [0.15, 0.2) is 0 Å². The van der Waals surface area contributed by atoms with E-state index in [1.807, 2.05) is 6.08 Å². The van der Waals surface area contributed by atoms with E-state index in [1.54, 1.807) is 6.08 Å². The Balaban J connectivity index is 3.46. The number of esters is 1. The van der Waals surface area contributed by atoms with Crippen LogP contribution in [0.2, 0.25) is 0 Å². The van der Waals surface area contributed by atoms with Crippen LogP contribution >= 0.6 is 0 Å². The van der Waals surface area contributed by atoms with Crippen LogP contribution in [0.15, 0.2) is 24.3 Å². The quantitative estimate of drug-likeness (QED) is 0.0320. The summed E-state index contributed by atoms with van der Waals surface area (Å²) in [5.74, 6) is -0.0722. The van der Waals surface area contributed by atoms with Crippen LogP contribution in [0.5, 0.6) is 0 Å². The topological polar surface area (TPSA) is 95.9 Å². The molecule has 0 fully saturated rings. The fourth-order valence-electron chi connectivity index (χ4n) is 10.4. The van der Waals surface area contributed by atoms with Gasteiger partial charge in [-0.2, -0.15) is 0 Å².